The number of amides is 1. The van der Waals surface area contributed by atoms with Gasteiger partial charge in [0.2, 0.25) is 0 Å². The Labute approximate surface area is 118 Å². The number of hydrogen-bond donors (Lipinski definition) is 2. The Morgan fingerprint density at radius 2 is 2.32 bits per heavy atom. The molecule has 1 aliphatic rings. The van der Waals surface area contributed by atoms with Crippen molar-refractivity contribution >= 4 is 23.3 Å². The Hall–Kier alpha value is -1.33. The summed E-state index contributed by atoms with van der Waals surface area (Å²) < 4.78 is 0. The highest BCUT2D eigenvalue weighted by atomic mass is 35.5. The molecule has 0 unspecified atom stereocenters. The molecule has 1 saturated carbocycles. The molecule has 1 aliphatic carbocycles. The van der Waals surface area contributed by atoms with Gasteiger partial charge in [0.1, 0.15) is 11.0 Å². The Morgan fingerprint density at radius 1 is 1.58 bits per heavy atom. The molecular weight excluding hydrogens is 264 g/mol. The highest BCUT2D eigenvalue weighted by molar-refractivity contribution is 6.29. The predicted molar refractivity (Wildman–Crippen MR) is 76.0 cm³/mol. The largest absolute Gasteiger partial charge is 0.339 e. The fourth-order valence-corrected chi connectivity index (χ4v) is 2.43. The highest BCUT2D eigenvalue weighted by Crippen LogP contribution is 2.27. The van der Waals surface area contributed by atoms with Crippen molar-refractivity contribution < 1.29 is 4.79 Å². The number of halogens is 1. The van der Waals surface area contributed by atoms with Gasteiger partial charge in [-0.15, -0.1) is 0 Å². The van der Waals surface area contributed by atoms with E-state index in [9.17, 15) is 4.79 Å². The van der Waals surface area contributed by atoms with Crippen molar-refractivity contribution in [2.24, 2.45) is 11.8 Å². The van der Waals surface area contributed by atoms with Crippen LogP contribution in [0.3, 0.4) is 0 Å². The zero-order chi connectivity index (χ0) is 13.8. The summed E-state index contributed by atoms with van der Waals surface area (Å²) in [5.74, 6) is 6.34. The molecule has 1 aromatic rings. The Morgan fingerprint density at radius 3 is 2.84 bits per heavy atom. The van der Waals surface area contributed by atoms with Crippen molar-refractivity contribution in [3.63, 3.8) is 0 Å². The van der Waals surface area contributed by atoms with Crippen molar-refractivity contribution in [1.29, 1.82) is 0 Å². The van der Waals surface area contributed by atoms with E-state index in [1.165, 1.54) is 19.3 Å². The maximum Gasteiger partial charge on any atom is 0.254 e. The molecule has 5 nitrogen and oxygen atoms in total. The standard InChI is InChI=1S/C13H19ClN4O/c1-2-18(8-9-4-3-5-9)13(19)10-6-11(14)16-12(7-10)17-15/h6-7,9H,2-5,8,15H2,1H3,(H,16,17). The van der Waals surface area contributed by atoms with Gasteiger partial charge in [0, 0.05) is 18.7 Å². The number of hydrazine groups is 1. The summed E-state index contributed by atoms with van der Waals surface area (Å²) in [6.07, 6.45) is 3.71. The zero-order valence-corrected chi connectivity index (χ0v) is 11.8. The molecule has 1 fully saturated rings. The van der Waals surface area contributed by atoms with Gasteiger partial charge in [-0.1, -0.05) is 18.0 Å². The molecule has 0 aliphatic heterocycles. The van der Waals surface area contributed by atoms with Crippen molar-refractivity contribution in [3.8, 4) is 0 Å². The highest BCUT2D eigenvalue weighted by Gasteiger charge is 2.23. The number of aromatic nitrogens is 1. The topological polar surface area (TPSA) is 71.2 Å². The van der Waals surface area contributed by atoms with E-state index >= 15 is 0 Å². The van der Waals surface area contributed by atoms with Crippen molar-refractivity contribution in [2.45, 2.75) is 26.2 Å². The number of nitrogens with zero attached hydrogens (tertiary/aromatic N) is 2. The number of carbonyl (C=O) groups excluding carboxylic acids is 1. The van der Waals surface area contributed by atoms with Crippen LogP contribution in [0.15, 0.2) is 12.1 Å². The van der Waals surface area contributed by atoms with Crippen LogP contribution in [0.5, 0.6) is 0 Å². The van der Waals surface area contributed by atoms with Crippen LogP contribution in [0.4, 0.5) is 5.82 Å². The second-order valence-electron chi connectivity index (χ2n) is 4.85. The lowest BCUT2D eigenvalue weighted by Gasteiger charge is -2.31. The van der Waals surface area contributed by atoms with Gasteiger partial charge in [0.05, 0.1) is 0 Å². The first kappa shape index (κ1) is 14.1. The minimum absolute atomic E-state index is 0.0183. The fraction of sp³-hybridized carbons (Fsp3) is 0.538. The molecule has 0 radical (unpaired) electrons. The van der Waals surface area contributed by atoms with Gasteiger partial charge in [-0.25, -0.2) is 10.8 Å². The number of nitrogens with two attached hydrogens (primary N) is 1. The van der Waals surface area contributed by atoms with Crippen LogP contribution in [0.2, 0.25) is 5.15 Å². The number of rotatable bonds is 5. The summed E-state index contributed by atoms with van der Waals surface area (Å²) in [4.78, 5) is 18.3. The third kappa shape index (κ3) is 3.36. The Balaban J connectivity index is 2.13. The number of pyridine rings is 1. The predicted octanol–water partition coefficient (Wildman–Crippen LogP) is 2.28. The molecule has 19 heavy (non-hydrogen) atoms. The Kier molecular flexibility index (Phi) is 4.61. The SMILES string of the molecule is CCN(CC1CCC1)C(=O)c1cc(Cl)nc(NN)c1. The zero-order valence-electron chi connectivity index (χ0n) is 11.0. The average molecular weight is 283 g/mol. The monoisotopic (exact) mass is 282 g/mol. The van der Waals surface area contributed by atoms with Gasteiger partial charge >= 0.3 is 0 Å². The van der Waals surface area contributed by atoms with E-state index in [0.717, 1.165) is 6.54 Å². The van der Waals surface area contributed by atoms with Crippen molar-refractivity contribution in [3.05, 3.63) is 22.8 Å². The maximum absolute atomic E-state index is 12.4. The summed E-state index contributed by atoms with van der Waals surface area (Å²) in [6.45, 7) is 3.50. The first-order valence-electron chi connectivity index (χ1n) is 6.57. The third-order valence-corrected chi connectivity index (χ3v) is 3.75. The molecular formula is C13H19ClN4O. The van der Waals surface area contributed by atoms with Crippen LogP contribution >= 0.6 is 11.6 Å². The smallest absolute Gasteiger partial charge is 0.254 e. The summed E-state index contributed by atoms with van der Waals surface area (Å²) in [7, 11) is 0. The number of anilines is 1. The summed E-state index contributed by atoms with van der Waals surface area (Å²) in [6, 6.07) is 3.20. The second kappa shape index (κ2) is 6.21. The number of nitrogens with one attached hydrogen (secondary N) is 1. The van der Waals surface area contributed by atoms with E-state index in [2.05, 4.69) is 10.4 Å². The minimum Gasteiger partial charge on any atom is -0.339 e. The van der Waals surface area contributed by atoms with Crippen LogP contribution in [-0.2, 0) is 0 Å². The lowest BCUT2D eigenvalue weighted by Crippen LogP contribution is -2.37. The van der Waals surface area contributed by atoms with Gasteiger partial charge in [0.25, 0.3) is 5.91 Å². The van der Waals surface area contributed by atoms with Gasteiger partial charge in [-0.2, -0.15) is 0 Å². The maximum atomic E-state index is 12.4. The van der Waals surface area contributed by atoms with Crippen LogP contribution in [0.25, 0.3) is 0 Å². The molecule has 104 valence electrons. The van der Waals surface area contributed by atoms with Crippen LogP contribution in [-0.4, -0.2) is 28.9 Å². The Bertz CT molecular complexity index is 462. The second-order valence-corrected chi connectivity index (χ2v) is 5.24. The number of nitrogen functional groups attached to an aromatic ring is 1. The van der Waals surface area contributed by atoms with E-state index in [-0.39, 0.29) is 11.1 Å². The number of carbonyl (C=O) groups is 1. The molecule has 1 aromatic heterocycles. The molecule has 0 bridgehead atoms. The summed E-state index contributed by atoms with van der Waals surface area (Å²) in [5, 5.41) is 0.262. The van der Waals surface area contributed by atoms with Gasteiger partial charge in [-0.05, 0) is 37.8 Å². The molecule has 2 rings (SSSR count). The first-order valence-corrected chi connectivity index (χ1v) is 6.95. The van der Waals surface area contributed by atoms with E-state index < -0.39 is 0 Å². The van der Waals surface area contributed by atoms with Crippen LogP contribution in [0, 0.1) is 5.92 Å². The molecule has 0 aromatic carbocycles. The molecule has 1 amide bonds. The van der Waals surface area contributed by atoms with Crippen molar-refractivity contribution in [1.82, 2.24) is 9.88 Å². The molecule has 3 N–H and O–H groups in total. The van der Waals surface area contributed by atoms with Crippen molar-refractivity contribution in [2.75, 3.05) is 18.5 Å². The average Bonchev–Trinajstić information content (AvgIpc) is 2.36. The van der Waals surface area contributed by atoms with Crippen LogP contribution in [0.1, 0.15) is 36.5 Å². The van der Waals surface area contributed by atoms with Gasteiger partial charge in [0.15, 0.2) is 0 Å². The normalized spacial score (nSPS) is 14.9. The molecule has 0 atom stereocenters. The quantitative estimate of drug-likeness (QED) is 0.494. The van der Waals surface area contributed by atoms with Gasteiger partial charge in [-0.3, -0.25) is 4.79 Å². The lowest BCUT2D eigenvalue weighted by atomic mass is 9.85. The first-order chi connectivity index (χ1) is 9.13. The third-order valence-electron chi connectivity index (χ3n) is 3.56. The van der Waals surface area contributed by atoms with Crippen LogP contribution < -0.4 is 11.3 Å². The fourth-order valence-electron chi connectivity index (χ4n) is 2.22. The molecule has 0 saturated heterocycles. The minimum atomic E-state index is -0.0183. The molecule has 1 heterocycles. The van der Waals surface area contributed by atoms with Gasteiger partial charge < -0.3 is 10.3 Å². The van der Waals surface area contributed by atoms with E-state index in [1.54, 1.807) is 12.1 Å². The summed E-state index contributed by atoms with van der Waals surface area (Å²) >= 11 is 5.89. The van der Waals surface area contributed by atoms with E-state index in [1.807, 2.05) is 11.8 Å². The molecule has 6 heteroatoms. The van der Waals surface area contributed by atoms with E-state index in [0.29, 0.717) is 23.8 Å². The summed E-state index contributed by atoms with van der Waals surface area (Å²) in [5.41, 5.74) is 2.94. The lowest BCUT2D eigenvalue weighted by molar-refractivity contribution is 0.0706. The number of hydrogen-bond acceptors (Lipinski definition) is 4. The van der Waals surface area contributed by atoms with E-state index in [4.69, 9.17) is 17.4 Å². The molecule has 0 spiro atoms.